The lowest BCUT2D eigenvalue weighted by atomic mass is 9.99. The van der Waals surface area contributed by atoms with E-state index in [0.29, 0.717) is 12.8 Å². The first-order valence-electron chi connectivity index (χ1n) is 4.17. The molecule has 3 heteroatoms. The highest BCUT2D eigenvalue weighted by atomic mass is 16.4. The fourth-order valence-electron chi connectivity index (χ4n) is 1.06. The van der Waals surface area contributed by atoms with Crippen LogP contribution in [0, 0.1) is 5.92 Å². The topological polar surface area (TPSA) is 57.5 Å². The Morgan fingerprint density at radius 3 is 2.58 bits per heavy atom. The van der Waals surface area contributed by atoms with Crippen LogP contribution in [0.25, 0.3) is 0 Å². The Hall–Kier alpha value is -0.830. The molecule has 0 fully saturated rings. The molecule has 0 bridgehead atoms. The molecule has 12 heavy (non-hydrogen) atoms. The third kappa shape index (κ3) is 4.91. The molecule has 1 unspecified atom stereocenters. The normalized spacial score (nSPS) is 12.4. The molecule has 0 aromatic rings. The molecule has 0 heterocycles. The minimum Gasteiger partial charge on any atom is -0.481 e. The molecule has 0 spiro atoms. The second kappa shape index (κ2) is 6.85. The third-order valence-electron chi connectivity index (χ3n) is 1.79. The summed E-state index contributed by atoms with van der Waals surface area (Å²) in [7, 11) is 0. The number of allylic oxidation sites excluding steroid dienone is 1. The summed E-state index contributed by atoms with van der Waals surface area (Å²) < 4.78 is 0. The van der Waals surface area contributed by atoms with E-state index < -0.39 is 11.9 Å². The van der Waals surface area contributed by atoms with Crippen molar-refractivity contribution in [1.82, 2.24) is 0 Å². The number of unbranched alkanes of at least 4 members (excludes halogenated alkanes) is 1. The second-order valence-corrected chi connectivity index (χ2v) is 2.77. The van der Waals surface area contributed by atoms with Crippen LogP contribution in [0.4, 0.5) is 0 Å². The van der Waals surface area contributed by atoms with Gasteiger partial charge >= 0.3 is 5.97 Å². The number of hydrogen-bond acceptors (Lipinski definition) is 2. The Morgan fingerprint density at radius 2 is 2.17 bits per heavy atom. The van der Waals surface area contributed by atoms with E-state index in [2.05, 4.69) is 6.58 Å². The fourth-order valence-corrected chi connectivity index (χ4v) is 1.06. The van der Waals surface area contributed by atoms with Gasteiger partial charge in [0.1, 0.15) is 0 Å². The molecule has 0 radical (unpaired) electrons. The van der Waals surface area contributed by atoms with Crippen LogP contribution in [0.3, 0.4) is 0 Å². The van der Waals surface area contributed by atoms with Gasteiger partial charge in [0.15, 0.2) is 0 Å². The zero-order valence-electron chi connectivity index (χ0n) is 7.20. The summed E-state index contributed by atoms with van der Waals surface area (Å²) in [5.41, 5.74) is 0. The van der Waals surface area contributed by atoms with Crippen molar-refractivity contribution in [2.45, 2.75) is 25.7 Å². The summed E-state index contributed by atoms with van der Waals surface area (Å²) >= 11 is 0. The van der Waals surface area contributed by atoms with Crippen LogP contribution >= 0.6 is 0 Å². The van der Waals surface area contributed by atoms with E-state index >= 15 is 0 Å². The van der Waals surface area contributed by atoms with Crippen molar-refractivity contribution in [3.8, 4) is 0 Å². The summed E-state index contributed by atoms with van der Waals surface area (Å²) in [6.07, 6.45) is 4.43. The number of aliphatic carboxylic acids is 1. The van der Waals surface area contributed by atoms with E-state index in [1.807, 2.05) is 0 Å². The summed E-state index contributed by atoms with van der Waals surface area (Å²) in [5.74, 6) is -1.21. The van der Waals surface area contributed by atoms with Crippen LogP contribution in [0.5, 0.6) is 0 Å². The highest BCUT2D eigenvalue weighted by Crippen LogP contribution is 2.12. The number of carboxylic acid groups (broad SMARTS) is 1. The molecule has 0 aromatic heterocycles. The van der Waals surface area contributed by atoms with Crippen molar-refractivity contribution >= 4 is 5.97 Å². The molecule has 2 N–H and O–H groups in total. The molecule has 70 valence electrons. The minimum absolute atomic E-state index is 0.0505. The Labute approximate surface area is 72.7 Å². The third-order valence-corrected chi connectivity index (χ3v) is 1.79. The zero-order valence-corrected chi connectivity index (χ0v) is 7.20. The molecule has 1 atom stereocenters. The maximum atomic E-state index is 10.5. The number of aliphatic hydroxyl groups excluding tert-OH is 1. The average Bonchev–Trinajstić information content (AvgIpc) is 2.03. The van der Waals surface area contributed by atoms with Gasteiger partial charge in [0, 0.05) is 6.61 Å². The van der Waals surface area contributed by atoms with Gasteiger partial charge in [-0.15, -0.1) is 6.58 Å². The lowest BCUT2D eigenvalue weighted by Gasteiger charge is -2.08. The van der Waals surface area contributed by atoms with Gasteiger partial charge < -0.3 is 10.2 Å². The molecule has 0 amide bonds. The van der Waals surface area contributed by atoms with Crippen LogP contribution in [0.1, 0.15) is 25.7 Å². The number of carboxylic acids is 1. The fraction of sp³-hybridized carbons (Fsp3) is 0.667. The largest absolute Gasteiger partial charge is 0.481 e. The van der Waals surface area contributed by atoms with E-state index in [4.69, 9.17) is 10.2 Å². The smallest absolute Gasteiger partial charge is 0.306 e. The van der Waals surface area contributed by atoms with Gasteiger partial charge in [-0.2, -0.15) is 0 Å². The monoisotopic (exact) mass is 172 g/mol. The Kier molecular flexibility index (Phi) is 6.38. The van der Waals surface area contributed by atoms with Crippen molar-refractivity contribution in [3.63, 3.8) is 0 Å². The molecule has 0 aliphatic rings. The lowest BCUT2D eigenvalue weighted by Crippen LogP contribution is -2.14. The van der Waals surface area contributed by atoms with Crippen LogP contribution in [-0.2, 0) is 4.79 Å². The number of carbonyl (C=O) groups is 1. The minimum atomic E-state index is -0.812. The maximum absolute atomic E-state index is 10.5. The van der Waals surface area contributed by atoms with Crippen LogP contribution < -0.4 is 0 Å². The average molecular weight is 172 g/mol. The van der Waals surface area contributed by atoms with Crippen LogP contribution in [0.15, 0.2) is 12.7 Å². The first-order valence-corrected chi connectivity index (χ1v) is 4.17. The van der Waals surface area contributed by atoms with Gasteiger partial charge in [0.25, 0.3) is 0 Å². The van der Waals surface area contributed by atoms with Gasteiger partial charge in [0.05, 0.1) is 5.92 Å². The molecule has 3 nitrogen and oxygen atoms in total. The zero-order chi connectivity index (χ0) is 9.40. The van der Waals surface area contributed by atoms with Crippen molar-refractivity contribution < 1.29 is 15.0 Å². The van der Waals surface area contributed by atoms with E-state index in [0.717, 1.165) is 12.8 Å². The van der Waals surface area contributed by atoms with Crippen LogP contribution in [-0.4, -0.2) is 22.8 Å². The van der Waals surface area contributed by atoms with Gasteiger partial charge in [-0.1, -0.05) is 6.08 Å². The lowest BCUT2D eigenvalue weighted by molar-refractivity contribution is -0.142. The van der Waals surface area contributed by atoms with Gasteiger partial charge in [0.2, 0.25) is 0 Å². The SMILES string of the molecule is C=CCCCC(CCO)C(=O)O. The number of hydrogen-bond donors (Lipinski definition) is 2. The van der Waals surface area contributed by atoms with Crippen molar-refractivity contribution in [2.75, 3.05) is 6.61 Å². The molecule has 0 saturated carbocycles. The summed E-state index contributed by atoms with van der Waals surface area (Å²) in [5, 5.41) is 17.2. The van der Waals surface area contributed by atoms with E-state index in [-0.39, 0.29) is 6.61 Å². The number of aliphatic hydroxyl groups is 1. The predicted octanol–water partition coefficient (Wildman–Crippen LogP) is 1.43. The van der Waals surface area contributed by atoms with Crippen LogP contribution in [0.2, 0.25) is 0 Å². The molecule has 0 aliphatic heterocycles. The number of rotatable bonds is 7. The van der Waals surface area contributed by atoms with Gasteiger partial charge in [-0.05, 0) is 25.7 Å². The Bertz CT molecular complexity index is 143. The Balaban J connectivity index is 3.63. The molecule has 0 saturated heterocycles. The van der Waals surface area contributed by atoms with E-state index in [9.17, 15) is 4.79 Å². The second-order valence-electron chi connectivity index (χ2n) is 2.77. The molecular formula is C9H16O3. The van der Waals surface area contributed by atoms with E-state index in [1.165, 1.54) is 0 Å². The van der Waals surface area contributed by atoms with Gasteiger partial charge in [-0.3, -0.25) is 4.79 Å². The van der Waals surface area contributed by atoms with E-state index in [1.54, 1.807) is 6.08 Å². The van der Waals surface area contributed by atoms with Gasteiger partial charge in [-0.25, -0.2) is 0 Å². The first-order chi connectivity index (χ1) is 5.72. The van der Waals surface area contributed by atoms with Crippen molar-refractivity contribution in [1.29, 1.82) is 0 Å². The quantitative estimate of drug-likeness (QED) is 0.451. The summed E-state index contributed by atoms with van der Waals surface area (Å²) in [6.45, 7) is 3.50. The molecule has 0 aromatic carbocycles. The maximum Gasteiger partial charge on any atom is 0.306 e. The highest BCUT2D eigenvalue weighted by Gasteiger charge is 2.15. The molecule has 0 rings (SSSR count). The predicted molar refractivity (Wildman–Crippen MR) is 46.9 cm³/mol. The highest BCUT2D eigenvalue weighted by molar-refractivity contribution is 5.69. The summed E-state index contributed by atoms with van der Waals surface area (Å²) in [6, 6.07) is 0. The molecule has 0 aliphatic carbocycles. The summed E-state index contributed by atoms with van der Waals surface area (Å²) in [4.78, 5) is 10.5. The standard InChI is InChI=1S/C9H16O3/c1-2-3-4-5-8(6-7-10)9(11)12/h2,8,10H,1,3-7H2,(H,11,12). The van der Waals surface area contributed by atoms with Crippen molar-refractivity contribution in [2.24, 2.45) is 5.92 Å². The molecular weight excluding hydrogens is 156 g/mol. The first kappa shape index (κ1) is 11.2. The Morgan fingerprint density at radius 1 is 1.50 bits per heavy atom. The van der Waals surface area contributed by atoms with Crippen molar-refractivity contribution in [3.05, 3.63) is 12.7 Å².